The predicted molar refractivity (Wildman–Crippen MR) is 440 cm³/mol. The van der Waals surface area contributed by atoms with Crippen molar-refractivity contribution in [1.29, 1.82) is 0 Å². The van der Waals surface area contributed by atoms with E-state index in [-0.39, 0.29) is 53.4 Å². The fourth-order valence-electron chi connectivity index (χ4n) is 8.51. The highest BCUT2D eigenvalue weighted by atomic mass is 32.1. The van der Waals surface area contributed by atoms with E-state index < -0.39 is 0 Å². The highest BCUT2D eigenvalue weighted by Crippen LogP contribution is 2.25. The second kappa shape index (κ2) is 56.2. The molecule has 10 rings (SSSR count). The zero-order valence-electron chi connectivity index (χ0n) is 61.6. The maximum Gasteiger partial charge on any atom is 0.343 e. The van der Waals surface area contributed by atoms with Crippen molar-refractivity contribution in [3.8, 4) is 57.5 Å². The summed E-state index contributed by atoms with van der Waals surface area (Å²) < 4.78 is 54.2. The minimum absolute atomic E-state index is 0. The minimum atomic E-state index is -0.387. The van der Waals surface area contributed by atoms with E-state index in [9.17, 15) is 24.0 Å². The Hall–Kier alpha value is -10.1. The summed E-state index contributed by atoms with van der Waals surface area (Å²) in [7, 11) is 0. The SMILES string of the molecule is CCCCOc1ccc(C(=O)Oc2ccc(S)cc2)cc1.CCCCOc1ccc(C(=O)Oc2ccc(S)cc2)cc1.CCCCOc1ccc(C(=O)Oc2ccc(S)cc2)cc1.CCCCOc1ccc(C(=O)Oc2ccc(S)cc2)cc1.CCCCOc1ccc(C(=O)Oc2ccc(S)cc2)cc1.F.F.F.F.F. The highest BCUT2D eigenvalue weighted by molar-refractivity contribution is 7.81. The Morgan fingerprint density at radius 2 is 0.318 bits per heavy atom. The number of rotatable bonds is 30. The molecule has 590 valence electrons. The molecule has 0 atom stereocenters. The average Bonchev–Trinajstić information content (AvgIpc) is 0.888. The van der Waals surface area contributed by atoms with Gasteiger partial charge in [-0.3, -0.25) is 23.5 Å². The van der Waals surface area contributed by atoms with Crippen LogP contribution in [-0.4, -0.2) is 62.9 Å². The lowest BCUT2D eigenvalue weighted by Gasteiger charge is -2.07. The normalized spacial score (nSPS) is 9.73. The van der Waals surface area contributed by atoms with Crippen molar-refractivity contribution in [2.24, 2.45) is 0 Å². The molecule has 15 nitrogen and oxygen atoms in total. The molecule has 0 aliphatic carbocycles. The summed E-state index contributed by atoms with van der Waals surface area (Å²) in [5.41, 5.74) is 2.47. The van der Waals surface area contributed by atoms with Crippen molar-refractivity contribution < 1.29 is 94.9 Å². The van der Waals surface area contributed by atoms with Crippen LogP contribution in [0, 0.1) is 0 Å². The first kappa shape index (κ1) is 98.0. The lowest BCUT2D eigenvalue weighted by Crippen LogP contribution is -2.08. The Morgan fingerprint density at radius 1 is 0.200 bits per heavy atom. The van der Waals surface area contributed by atoms with Crippen LogP contribution < -0.4 is 47.4 Å². The molecule has 0 radical (unpaired) electrons. The van der Waals surface area contributed by atoms with E-state index in [2.05, 4.69) is 97.8 Å². The monoisotopic (exact) mass is 1610 g/mol. The highest BCUT2D eigenvalue weighted by Gasteiger charge is 2.14. The zero-order valence-corrected chi connectivity index (χ0v) is 66.1. The predicted octanol–water partition coefficient (Wildman–Crippen LogP) is 22.6. The fraction of sp³-hybridized carbons (Fsp3) is 0.235. The number of hydrogen-bond acceptors (Lipinski definition) is 20. The van der Waals surface area contributed by atoms with Gasteiger partial charge in [0.1, 0.15) is 57.5 Å². The second-order valence-electron chi connectivity index (χ2n) is 23.0. The van der Waals surface area contributed by atoms with Crippen LogP contribution in [0.1, 0.15) is 151 Å². The van der Waals surface area contributed by atoms with E-state index in [4.69, 9.17) is 47.4 Å². The molecular formula is C85H95F5O15S5. The Labute approximate surface area is 667 Å². The van der Waals surface area contributed by atoms with Gasteiger partial charge in [-0.15, -0.1) is 63.1 Å². The maximum absolute atomic E-state index is 12.0. The molecule has 0 spiro atoms. The Kier molecular flexibility index (Phi) is 50.1. The number of halogens is 5. The number of ether oxygens (including phenoxy) is 10. The van der Waals surface area contributed by atoms with E-state index in [0.717, 1.165) is 117 Å². The third-order valence-corrected chi connectivity index (χ3v) is 16.0. The molecule has 0 aliphatic rings. The van der Waals surface area contributed by atoms with E-state index in [1.807, 2.05) is 0 Å². The first-order valence-electron chi connectivity index (χ1n) is 34.6. The zero-order chi connectivity index (χ0) is 75.4. The van der Waals surface area contributed by atoms with Crippen LogP contribution in [0.25, 0.3) is 0 Å². The molecule has 0 saturated carbocycles. The van der Waals surface area contributed by atoms with Crippen LogP contribution in [0.3, 0.4) is 0 Å². The fourth-order valence-corrected chi connectivity index (χ4v) is 9.25. The van der Waals surface area contributed by atoms with Gasteiger partial charge in [0.2, 0.25) is 0 Å². The van der Waals surface area contributed by atoms with Gasteiger partial charge < -0.3 is 47.4 Å². The number of hydrogen-bond donors (Lipinski definition) is 5. The summed E-state index contributed by atoms with van der Waals surface area (Å²) in [6.07, 6.45) is 10.6. The topological polar surface area (TPSA) is 178 Å². The Morgan fingerprint density at radius 3 is 0.436 bits per heavy atom. The average molecular weight is 1610 g/mol. The third kappa shape index (κ3) is 38.3. The summed E-state index contributed by atoms with van der Waals surface area (Å²) >= 11 is 20.9. The molecule has 0 aromatic heterocycles. The minimum Gasteiger partial charge on any atom is -0.494 e. The maximum atomic E-state index is 12.0. The van der Waals surface area contributed by atoms with Crippen LogP contribution in [0.2, 0.25) is 0 Å². The van der Waals surface area contributed by atoms with Crippen molar-refractivity contribution >= 4 is 93.0 Å². The molecule has 0 unspecified atom stereocenters. The first-order chi connectivity index (χ1) is 50.9. The number of thiol groups is 5. The van der Waals surface area contributed by atoms with E-state index in [0.29, 0.717) is 89.6 Å². The summed E-state index contributed by atoms with van der Waals surface area (Å²) in [5, 5.41) is 0. The standard InChI is InChI=1S/5C17H18O3S.5FH/c5*1-2-3-12-19-14-6-4-13(5-7-14)17(18)20-15-8-10-16(21)11-9-15;;;;;/h5*4-11,21H,2-3,12H2,1H3;5*1H. The van der Waals surface area contributed by atoms with Crippen LogP contribution in [-0.2, 0) is 0 Å². The van der Waals surface area contributed by atoms with Gasteiger partial charge in [0.25, 0.3) is 0 Å². The molecule has 25 heteroatoms. The lowest BCUT2D eigenvalue weighted by atomic mass is 10.2. The van der Waals surface area contributed by atoms with Crippen molar-refractivity contribution in [2.45, 2.75) is 123 Å². The lowest BCUT2D eigenvalue weighted by molar-refractivity contribution is 0.0725. The van der Waals surface area contributed by atoms with E-state index in [1.165, 1.54) is 0 Å². The van der Waals surface area contributed by atoms with Gasteiger partial charge in [-0.25, -0.2) is 24.0 Å². The first-order valence-corrected chi connectivity index (χ1v) is 36.9. The van der Waals surface area contributed by atoms with Crippen LogP contribution >= 0.6 is 63.1 Å². The van der Waals surface area contributed by atoms with Crippen molar-refractivity contribution in [1.82, 2.24) is 0 Å². The van der Waals surface area contributed by atoms with Gasteiger partial charge in [-0.2, -0.15) is 0 Å². The molecule has 0 heterocycles. The van der Waals surface area contributed by atoms with Gasteiger partial charge >= 0.3 is 29.8 Å². The molecule has 0 aliphatic heterocycles. The third-order valence-electron chi connectivity index (χ3n) is 14.5. The van der Waals surface area contributed by atoms with Crippen LogP contribution in [0.5, 0.6) is 57.5 Å². The van der Waals surface area contributed by atoms with Crippen molar-refractivity contribution in [3.05, 3.63) is 270 Å². The number of carbonyl (C=O) groups is 5. The van der Waals surface area contributed by atoms with Gasteiger partial charge in [-0.05, 0) is 275 Å². The van der Waals surface area contributed by atoms with Gasteiger partial charge in [0.15, 0.2) is 0 Å². The summed E-state index contributed by atoms with van der Waals surface area (Å²) in [6, 6.07) is 69.7. The summed E-state index contributed by atoms with van der Waals surface area (Å²) in [6.45, 7) is 14.0. The molecule has 110 heavy (non-hydrogen) atoms. The van der Waals surface area contributed by atoms with Crippen LogP contribution in [0.15, 0.2) is 267 Å². The van der Waals surface area contributed by atoms with E-state index >= 15 is 0 Å². The Balaban J connectivity index is 0.000000680. The molecule has 10 aromatic carbocycles. The quantitative estimate of drug-likeness (QED) is 0.00944. The number of unbranched alkanes of at least 4 members (excludes halogenated alkanes) is 5. The smallest absolute Gasteiger partial charge is 0.343 e. The van der Waals surface area contributed by atoms with Gasteiger partial charge in [0, 0.05) is 24.5 Å². The Bertz CT molecular complexity index is 3540. The summed E-state index contributed by atoms with van der Waals surface area (Å²) in [5.74, 6) is 4.39. The number of benzene rings is 10. The van der Waals surface area contributed by atoms with Gasteiger partial charge in [0.05, 0.1) is 60.9 Å². The summed E-state index contributed by atoms with van der Waals surface area (Å²) in [4.78, 5) is 64.1. The number of carbonyl (C=O) groups excluding carboxylic acids is 5. The largest absolute Gasteiger partial charge is 0.494 e. The molecule has 0 amide bonds. The van der Waals surface area contributed by atoms with Crippen molar-refractivity contribution in [3.63, 3.8) is 0 Å². The molecule has 0 N–H and O–H groups in total. The molecule has 10 aromatic rings. The molecule has 0 fully saturated rings. The van der Waals surface area contributed by atoms with Crippen molar-refractivity contribution in [2.75, 3.05) is 33.0 Å². The molecule has 0 saturated heterocycles. The van der Waals surface area contributed by atoms with Gasteiger partial charge in [-0.1, -0.05) is 66.7 Å². The van der Waals surface area contributed by atoms with E-state index in [1.54, 1.807) is 243 Å². The molecule has 0 bridgehead atoms. The molecular weight excluding hydrogens is 1520 g/mol. The van der Waals surface area contributed by atoms with Crippen LogP contribution in [0.4, 0.5) is 23.5 Å². The number of esters is 5. The second-order valence-corrected chi connectivity index (χ2v) is 25.6.